The van der Waals surface area contributed by atoms with E-state index < -0.39 is 0 Å². The van der Waals surface area contributed by atoms with E-state index in [1.165, 1.54) is 11.1 Å². The number of benzene rings is 1. The van der Waals surface area contributed by atoms with Crippen molar-refractivity contribution in [1.82, 2.24) is 24.7 Å². The van der Waals surface area contributed by atoms with Crippen molar-refractivity contribution in [1.29, 1.82) is 0 Å². The van der Waals surface area contributed by atoms with E-state index in [-0.39, 0.29) is 5.91 Å². The molecule has 1 amide bonds. The van der Waals surface area contributed by atoms with Crippen LogP contribution in [0.25, 0.3) is 0 Å². The summed E-state index contributed by atoms with van der Waals surface area (Å²) >= 11 is 1.60. The van der Waals surface area contributed by atoms with Gasteiger partial charge in [-0.05, 0) is 49.1 Å². The average Bonchev–Trinajstić information content (AvgIpc) is 3.34. The Labute approximate surface area is 224 Å². The van der Waals surface area contributed by atoms with Crippen LogP contribution in [0.4, 0.5) is 0 Å². The number of carbonyl (C=O) groups excluding carboxylic acids is 1. The summed E-state index contributed by atoms with van der Waals surface area (Å²) in [5.74, 6) is 1.46. The lowest BCUT2D eigenvalue weighted by atomic mass is 9.98. The molecule has 2 saturated heterocycles. The van der Waals surface area contributed by atoms with Crippen LogP contribution in [0.2, 0.25) is 0 Å². The van der Waals surface area contributed by atoms with Gasteiger partial charge in [0.2, 0.25) is 5.91 Å². The maximum Gasteiger partial charge on any atom is 0.228 e. The Morgan fingerprint density at radius 2 is 1.78 bits per heavy atom. The molecule has 0 radical (unpaired) electrons. The van der Waals surface area contributed by atoms with Crippen LogP contribution in [0.1, 0.15) is 34.7 Å². The number of ether oxygens (including phenoxy) is 1. The number of thiazole rings is 1. The van der Waals surface area contributed by atoms with E-state index in [1.807, 2.05) is 35.7 Å². The lowest BCUT2D eigenvalue weighted by Crippen LogP contribution is -2.45. The predicted octanol–water partition coefficient (Wildman–Crippen LogP) is 4.02. The molecule has 2 aromatic heterocycles. The molecule has 3 aromatic rings. The molecule has 4 heterocycles. The fraction of sp³-hybridized carbons (Fsp3) is 0.483. The van der Waals surface area contributed by atoms with Crippen molar-refractivity contribution in [2.45, 2.75) is 39.3 Å². The van der Waals surface area contributed by atoms with Crippen LogP contribution >= 0.6 is 11.3 Å². The number of hydrogen-bond acceptors (Lipinski definition) is 7. The molecule has 0 unspecified atom stereocenters. The van der Waals surface area contributed by atoms with Crippen molar-refractivity contribution < 1.29 is 9.53 Å². The Hall–Kier alpha value is -2.81. The smallest absolute Gasteiger partial charge is 0.228 e. The summed E-state index contributed by atoms with van der Waals surface area (Å²) in [7, 11) is 0. The molecule has 5 rings (SSSR count). The predicted molar refractivity (Wildman–Crippen MR) is 147 cm³/mol. The van der Waals surface area contributed by atoms with Gasteiger partial charge < -0.3 is 9.64 Å². The van der Waals surface area contributed by atoms with Crippen molar-refractivity contribution in [3.63, 3.8) is 0 Å². The monoisotopic (exact) mass is 519 g/mol. The van der Waals surface area contributed by atoms with Crippen molar-refractivity contribution in [3.8, 4) is 5.75 Å². The van der Waals surface area contributed by atoms with Gasteiger partial charge in [0, 0.05) is 76.0 Å². The second kappa shape index (κ2) is 12.6. The molecule has 0 aliphatic carbocycles. The van der Waals surface area contributed by atoms with E-state index in [1.54, 1.807) is 11.3 Å². The van der Waals surface area contributed by atoms with Crippen LogP contribution in [0.5, 0.6) is 5.75 Å². The lowest BCUT2D eigenvalue weighted by molar-refractivity contribution is -0.132. The third-order valence-electron chi connectivity index (χ3n) is 7.28. The molecule has 37 heavy (non-hydrogen) atoms. The second-order valence-electron chi connectivity index (χ2n) is 10.3. The van der Waals surface area contributed by atoms with Crippen molar-refractivity contribution in [2.24, 2.45) is 5.92 Å². The summed E-state index contributed by atoms with van der Waals surface area (Å²) in [4.78, 5) is 28.4. The van der Waals surface area contributed by atoms with Crippen molar-refractivity contribution in [3.05, 3.63) is 76.0 Å². The van der Waals surface area contributed by atoms with Gasteiger partial charge in [-0.25, -0.2) is 4.98 Å². The molecule has 1 atom stereocenters. The number of aryl methyl sites for hydroxylation is 1. The zero-order chi connectivity index (χ0) is 25.5. The van der Waals surface area contributed by atoms with Gasteiger partial charge in [-0.15, -0.1) is 11.3 Å². The average molecular weight is 520 g/mol. The maximum atomic E-state index is 12.7. The van der Waals surface area contributed by atoms with Crippen LogP contribution in [0, 0.1) is 12.8 Å². The molecule has 0 N–H and O–H groups in total. The van der Waals surface area contributed by atoms with Gasteiger partial charge in [0.05, 0.1) is 23.7 Å². The molecule has 0 spiro atoms. The Morgan fingerprint density at radius 1 is 1.03 bits per heavy atom. The van der Waals surface area contributed by atoms with E-state index >= 15 is 0 Å². The first kappa shape index (κ1) is 25.8. The number of piperazine rings is 1. The van der Waals surface area contributed by atoms with Gasteiger partial charge in [-0.3, -0.25) is 19.6 Å². The third-order valence-corrected chi connectivity index (χ3v) is 8.10. The number of amides is 1. The standard InChI is InChI=1S/C29H37N5O2S/c1-23-31-27(22-37-23)16-29(35)34-11-3-5-26(20-34)21-36-28-8-6-24(7-9-28)18-32-12-14-33(15-13-32)19-25-4-2-10-30-17-25/h2,4,6-10,17,22,26H,3,5,11-16,18-21H2,1H3/t26-/m0/s1. The van der Waals surface area contributed by atoms with Gasteiger partial charge >= 0.3 is 0 Å². The summed E-state index contributed by atoms with van der Waals surface area (Å²) < 4.78 is 6.14. The van der Waals surface area contributed by atoms with Crippen molar-refractivity contribution in [2.75, 3.05) is 45.9 Å². The van der Waals surface area contributed by atoms with Crippen LogP contribution in [0.15, 0.2) is 54.2 Å². The normalized spacial score (nSPS) is 19.2. The quantitative estimate of drug-likeness (QED) is 0.426. The topological polar surface area (TPSA) is 61.8 Å². The Kier molecular flexibility index (Phi) is 8.81. The highest BCUT2D eigenvalue weighted by Gasteiger charge is 2.25. The molecule has 2 fully saturated rings. The van der Waals surface area contributed by atoms with Gasteiger partial charge in [0.15, 0.2) is 0 Å². The van der Waals surface area contributed by atoms with Gasteiger partial charge in [-0.2, -0.15) is 0 Å². The molecule has 1 aromatic carbocycles. The number of rotatable bonds is 9. The zero-order valence-electron chi connectivity index (χ0n) is 21.7. The highest BCUT2D eigenvalue weighted by Crippen LogP contribution is 2.21. The first-order valence-corrected chi connectivity index (χ1v) is 14.2. The minimum Gasteiger partial charge on any atom is -0.493 e. The highest BCUT2D eigenvalue weighted by atomic mass is 32.1. The van der Waals surface area contributed by atoms with Crippen LogP contribution in [0.3, 0.4) is 0 Å². The van der Waals surface area contributed by atoms with E-state index in [0.29, 0.717) is 18.9 Å². The lowest BCUT2D eigenvalue weighted by Gasteiger charge is -2.34. The molecular weight excluding hydrogens is 482 g/mol. The number of aromatic nitrogens is 2. The number of piperidine rings is 1. The molecule has 2 aliphatic heterocycles. The largest absolute Gasteiger partial charge is 0.493 e. The number of pyridine rings is 1. The summed E-state index contributed by atoms with van der Waals surface area (Å²) in [6.07, 6.45) is 6.33. The van der Waals surface area contributed by atoms with Crippen LogP contribution < -0.4 is 4.74 Å². The number of likely N-dealkylation sites (tertiary alicyclic amines) is 1. The molecule has 0 bridgehead atoms. The fourth-order valence-electron chi connectivity index (χ4n) is 5.20. The molecular formula is C29H37N5O2S. The summed E-state index contributed by atoms with van der Waals surface area (Å²) in [5.41, 5.74) is 3.49. The summed E-state index contributed by atoms with van der Waals surface area (Å²) in [6.45, 7) is 10.5. The highest BCUT2D eigenvalue weighted by molar-refractivity contribution is 7.09. The van der Waals surface area contributed by atoms with E-state index in [4.69, 9.17) is 4.74 Å². The minimum absolute atomic E-state index is 0.178. The SMILES string of the molecule is Cc1nc(CC(=O)N2CCC[C@H](COc3ccc(CN4CCN(Cc5cccnc5)CC4)cc3)C2)cs1. The summed E-state index contributed by atoms with van der Waals surface area (Å²) in [5, 5.41) is 3.00. The molecule has 8 heteroatoms. The van der Waals surface area contributed by atoms with E-state index in [2.05, 4.69) is 50.1 Å². The number of nitrogens with zero attached hydrogens (tertiary/aromatic N) is 5. The second-order valence-corrected chi connectivity index (χ2v) is 11.3. The van der Waals surface area contributed by atoms with Crippen LogP contribution in [-0.2, 0) is 24.3 Å². The third kappa shape index (κ3) is 7.60. The van der Waals surface area contributed by atoms with Crippen molar-refractivity contribution >= 4 is 17.2 Å². The maximum absolute atomic E-state index is 12.7. The van der Waals surface area contributed by atoms with E-state index in [0.717, 1.165) is 81.7 Å². The van der Waals surface area contributed by atoms with Crippen LogP contribution in [-0.4, -0.2) is 76.5 Å². The minimum atomic E-state index is 0.178. The molecule has 196 valence electrons. The van der Waals surface area contributed by atoms with Gasteiger partial charge in [-0.1, -0.05) is 18.2 Å². The first-order valence-electron chi connectivity index (χ1n) is 13.3. The first-order chi connectivity index (χ1) is 18.1. The molecule has 7 nitrogen and oxygen atoms in total. The van der Waals surface area contributed by atoms with Gasteiger partial charge in [0.1, 0.15) is 5.75 Å². The number of carbonyl (C=O) groups is 1. The van der Waals surface area contributed by atoms with E-state index in [9.17, 15) is 4.79 Å². The van der Waals surface area contributed by atoms with Gasteiger partial charge in [0.25, 0.3) is 0 Å². The Morgan fingerprint density at radius 3 is 2.46 bits per heavy atom. The summed E-state index contributed by atoms with van der Waals surface area (Å²) in [6, 6.07) is 12.7. The fourth-order valence-corrected chi connectivity index (χ4v) is 5.82. The Balaban J connectivity index is 1.02. The zero-order valence-corrected chi connectivity index (χ0v) is 22.5. The molecule has 0 saturated carbocycles. The molecule has 2 aliphatic rings. The Bertz CT molecular complexity index is 1130. The number of hydrogen-bond donors (Lipinski definition) is 0.